The number of nitrogens with zero attached hydrogens (tertiary/aromatic N) is 4. The zero-order chi connectivity index (χ0) is 19.7. The lowest BCUT2D eigenvalue weighted by Gasteiger charge is -2.37. The molecule has 2 aliphatic heterocycles. The molecule has 2 aliphatic rings. The first-order chi connectivity index (χ1) is 13.5. The van der Waals surface area contributed by atoms with Gasteiger partial charge in [-0.25, -0.2) is 4.79 Å². The number of hydrogen-bond acceptors (Lipinski definition) is 6. The highest BCUT2D eigenvalue weighted by Gasteiger charge is 2.36. The van der Waals surface area contributed by atoms with Crippen LogP contribution < -0.4 is 5.32 Å². The number of likely N-dealkylation sites (tertiary alicyclic amines) is 1. The summed E-state index contributed by atoms with van der Waals surface area (Å²) in [5, 5.41) is 6.82. The van der Waals surface area contributed by atoms with Crippen molar-refractivity contribution in [2.75, 3.05) is 26.2 Å². The molecule has 0 radical (unpaired) electrons. The van der Waals surface area contributed by atoms with Crippen LogP contribution in [0.5, 0.6) is 0 Å². The molecular formula is C18H18ClN5O4. The van der Waals surface area contributed by atoms with Crippen LogP contribution in [-0.2, 0) is 9.59 Å². The van der Waals surface area contributed by atoms with Crippen LogP contribution in [0.3, 0.4) is 0 Å². The molecule has 0 spiro atoms. The van der Waals surface area contributed by atoms with E-state index in [0.29, 0.717) is 42.9 Å². The summed E-state index contributed by atoms with van der Waals surface area (Å²) in [7, 11) is 0. The van der Waals surface area contributed by atoms with Gasteiger partial charge < -0.3 is 14.3 Å². The molecule has 0 atom stereocenters. The predicted octanol–water partition coefficient (Wildman–Crippen LogP) is 1.65. The standard InChI is InChI=1S/C18H18ClN5O4/c19-13-3-1-2-11(8-13)16-21-17(28-22-16)12-9-24(10-12)15(26)5-7-23-6-4-14(25)20-18(23)27/h1-3,8,12H,4-7,9-10H2,(H,20,25,27). The fourth-order valence-corrected chi connectivity index (χ4v) is 3.38. The smallest absolute Gasteiger partial charge is 0.324 e. The Morgan fingerprint density at radius 2 is 2.14 bits per heavy atom. The van der Waals surface area contributed by atoms with Gasteiger partial charge in [0, 0.05) is 49.6 Å². The van der Waals surface area contributed by atoms with E-state index < -0.39 is 6.03 Å². The molecule has 0 bridgehead atoms. The van der Waals surface area contributed by atoms with Crippen molar-refractivity contribution < 1.29 is 18.9 Å². The molecule has 0 unspecified atom stereocenters. The van der Waals surface area contributed by atoms with Crippen molar-refractivity contribution >= 4 is 29.4 Å². The number of amides is 4. The molecule has 28 heavy (non-hydrogen) atoms. The molecule has 4 rings (SSSR count). The third-order valence-electron chi connectivity index (χ3n) is 4.85. The first-order valence-corrected chi connectivity index (χ1v) is 9.33. The highest BCUT2D eigenvalue weighted by Crippen LogP contribution is 2.28. The molecule has 3 heterocycles. The van der Waals surface area contributed by atoms with Gasteiger partial charge in [0.25, 0.3) is 0 Å². The number of benzene rings is 1. The Morgan fingerprint density at radius 1 is 1.32 bits per heavy atom. The van der Waals surface area contributed by atoms with E-state index in [1.54, 1.807) is 17.0 Å². The topological polar surface area (TPSA) is 109 Å². The van der Waals surface area contributed by atoms with Crippen molar-refractivity contribution in [1.82, 2.24) is 25.3 Å². The number of imide groups is 1. The van der Waals surface area contributed by atoms with Gasteiger partial charge in [-0.3, -0.25) is 14.9 Å². The molecule has 4 amide bonds. The molecule has 0 aliphatic carbocycles. The zero-order valence-corrected chi connectivity index (χ0v) is 15.7. The molecule has 0 saturated carbocycles. The maximum atomic E-state index is 12.3. The zero-order valence-electron chi connectivity index (χ0n) is 14.9. The van der Waals surface area contributed by atoms with Crippen molar-refractivity contribution in [3.63, 3.8) is 0 Å². The molecular weight excluding hydrogens is 386 g/mol. The van der Waals surface area contributed by atoms with Crippen LogP contribution in [0.2, 0.25) is 5.02 Å². The minimum absolute atomic E-state index is 0.000269. The van der Waals surface area contributed by atoms with Crippen LogP contribution in [-0.4, -0.2) is 64.0 Å². The Labute approximate surface area is 165 Å². The highest BCUT2D eigenvalue weighted by atomic mass is 35.5. The lowest BCUT2D eigenvalue weighted by Crippen LogP contribution is -2.52. The minimum atomic E-state index is -0.440. The van der Waals surface area contributed by atoms with Gasteiger partial charge in [-0.2, -0.15) is 4.98 Å². The van der Waals surface area contributed by atoms with Gasteiger partial charge in [0.15, 0.2) is 0 Å². The number of carbonyl (C=O) groups excluding carboxylic acids is 3. The Kier molecular flexibility index (Phi) is 4.99. The quantitative estimate of drug-likeness (QED) is 0.813. The average Bonchev–Trinajstić information content (AvgIpc) is 3.09. The van der Waals surface area contributed by atoms with Gasteiger partial charge in [-0.1, -0.05) is 28.9 Å². The van der Waals surface area contributed by atoms with Crippen molar-refractivity contribution in [2.24, 2.45) is 0 Å². The monoisotopic (exact) mass is 403 g/mol. The molecule has 1 N–H and O–H groups in total. The molecule has 9 nitrogen and oxygen atoms in total. The lowest BCUT2D eigenvalue weighted by molar-refractivity contribution is -0.136. The van der Waals surface area contributed by atoms with E-state index in [9.17, 15) is 14.4 Å². The van der Waals surface area contributed by atoms with Gasteiger partial charge in [-0.05, 0) is 12.1 Å². The fourth-order valence-electron chi connectivity index (χ4n) is 3.19. The van der Waals surface area contributed by atoms with Gasteiger partial charge >= 0.3 is 6.03 Å². The normalized spacial score (nSPS) is 17.5. The van der Waals surface area contributed by atoms with Crippen molar-refractivity contribution in [3.8, 4) is 11.4 Å². The number of halogens is 1. The number of rotatable bonds is 5. The number of nitrogens with one attached hydrogen (secondary N) is 1. The van der Waals surface area contributed by atoms with E-state index in [2.05, 4.69) is 15.5 Å². The Bertz CT molecular complexity index is 924. The van der Waals surface area contributed by atoms with Gasteiger partial charge in [0.05, 0.1) is 5.92 Å². The molecule has 1 aromatic heterocycles. The van der Waals surface area contributed by atoms with E-state index >= 15 is 0 Å². The second kappa shape index (κ2) is 7.59. The van der Waals surface area contributed by atoms with Crippen LogP contribution in [0.4, 0.5) is 4.79 Å². The Balaban J connectivity index is 1.27. The summed E-state index contributed by atoms with van der Waals surface area (Å²) in [6, 6.07) is 6.76. The fraction of sp³-hybridized carbons (Fsp3) is 0.389. The molecule has 10 heteroatoms. The summed E-state index contributed by atoms with van der Waals surface area (Å²) in [5.74, 6) is 0.631. The third kappa shape index (κ3) is 3.84. The molecule has 2 saturated heterocycles. The van der Waals surface area contributed by atoms with E-state index in [1.807, 2.05) is 12.1 Å². The molecule has 1 aromatic carbocycles. The van der Waals surface area contributed by atoms with Gasteiger partial charge in [0.2, 0.25) is 23.5 Å². The maximum absolute atomic E-state index is 12.3. The second-order valence-corrected chi connectivity index (χ2v) is 7.24. The van der Waals surface area contributed by atoms with Crippen LogP contribution >= 0.6 is 11.6 Å². The first-order valence-electron chi connectivity index (χ1n) is 8.95. The number of hydrogen-bond donors (Lipinski definition) is 1. The second-order valence-electron chi connectivity index (χ2n) is 6.80. The van der Waals surface area contributed by atoms with E-state index in [4.69, 9.17) is 16.1 Å². The van der Waals surface area contributed by atoms with E-state index in [-0.39, 0.29) is 30.6 Å². The molecule has 2 fully saturated rings. The summed E-state index contributed by atoms with van der Waals surface area (Å²) in [5.41, 5.74) is 0.771. The minimum Gasteiger partial charge on any atom is -0.341 e. The van der Waals surface area contributed by atoms with Crippen LogP contribution in [0, 0.1) is 0 Å². The highest BCUT2D eigenvalue weighted by molar-refractivity contribution is 6.30. The number of urea groups is 1. The Hall–Kier alpha value is -2.94. The predicted molar refractivity (Wildman–Crippen MR) is 98.4 cm³/mol. The van der Waals surface area contributed by atoms with Gasteiger partial charge in [0.1, 0.15) is 0 Å². The van der Waals surface area contributed by atoms with Crippen LogP contribution in [0.1, 0.15) is 24.7 Å². The first kappa shape index (κ1) is 18.4. The third-order valence-corrected chi connectivity index (χ3v) is 5.08. The Morgan fingerprint density at radius 3 is 2.89 bits per heavy atom. The van der Waals surface area contributed by atoms with Crippen molar-refractivity contribution in [2.45, 2.75) is 18.8 Å². The number of carbonyl (C=O) groups is 3. The maximum Gasteiger partial charge on any atom is 0.324 e. The lowest BCUT2D eigenvalue weighted by atomic mass is 9.99. The average molecular weight is 404 g/mol. The van der Waals surface area contributed by atoms with Crippen LogP contribution in [0.25, 0.3) is 11.4 Å². The van der Waals surface area contributed by atoms with Gasteiger partial charge in [-0.15, -0.1) is 0 Å². The van der Waals surface area contributed by atoms with E-state index in [0.717, 1.165) is 5.56 Å². The molecule has 2 aromatic rings. The summed E-state index contributed by atoms with van der Waals surface area (Å²) >= 11 is 5.98. The summed E-state index contributed by atoms with van der Waals surface area (Å²) in [4.78, 5) is 42.7. The SMILES string of the molecule is O=C1CCN(CCC(=O)N2CC(c3nc(-c4cccc(Cl)c4)no3)C2)C(=O)N1. The molecule has 146 valence electrons. The summed E-state index contributed by atoms with van der Waals surface area (Å²) in [6.45, 7) is 1.63. The summed E-state index contributed by atoms with van der Waals surface area (Å²) in [6.07, 6.45) is 0.476. The number of aromatic nitrogens is 2. The largest absolute Gasteiger partial charge is 0.341 e. The van der Waals surface area contributed by atoms with E-state index in [1.165, 1.54) is 4.90 Å². The van der Waals surface area contributed by atoms with Crippen molar-refractivity contribution in [1.29, 1.82) is 0 Å². The van der Waals surface area contributed by atoms with Crippen molar-refractivity contribution in [3.05, 3.63) is 35.2 Å². The summed E-state index contributed by atoms with van der Waals surface area (Å²) < 4.78 is 5.33. The van der Waals surface area contributed by atoms with Crippen LogP contribution in [0.15, 0.2) is 28.8 Å².